The minimum atomic E-state index is -0.269. The van der Waals surface area contributed by atoms with Crippen LogP contribution in [0.2, 0.25) is 0 Å². The summed E-state index contributed by atoms with van der Waals surface area (Å²) in [6, 6.07) is 3.09. The molecule has 0 saturated carbocycles. The summed E-state index contributed by atoms with van der Waals surface area (Å²) in [6.45, 7) is 1.89. The van der Waals surface area contributed by atoms with Gasteiger partial charge in [-0.2, -0.15) is 0 Å². The molecule has 1 aromatic carbocycles. The molecule has 4 heteroatoms. The van der Waals surface area contributed by atoms with Crippen LogP contribution in [0.5, 0.6) is 0 Å². The zero-order chi connectivity index (χ0) is 10.6. The predicted octanol–water partition coefficient (Wildman–Crippen LogP) is 2.19. The lowest BCUT2D eigenvalue weighted by Crippen LogP contribution is -1.94. The first kappa shape index (κ1) is 11.3. The van der Waals surface area contributed by atoms with Crippen molar-refractivity contribution in [1.29, 1.82) is 0 Å². The normalized spacial score (nSPS) is 10.5. The molecule has 0 radical (unpaired) electrons. The van der Waals surface area contributed by atoms with E-state index < -0.39 is 0 Å². The Labute approximate surface area is 87.3 Å². The molecule has 3 N–H and O–H groups in total. The van der Waals surface area contributed by atoms with Gasteiger partial charge in [0.1, 0.15) is 5.82 Å². The average molecular weight is 215 g/mol. The number of hydrogen-bond acceptors (Lipinski definition) is 3. The Hall–Kier alpha value is -0.740. The molecular weight excluding hydrogens is 201 g/mol. The Balaban J connectivity index is 2.72. The first-order valence-electron chi connectivity index (χ1n) is 4.44. The van der Waals surface area contributed by atoms with Gasteiger partial charge in [-0.15, -0.1) is 11.8 Å². The Morgan fingerprint density at radius 3 is 2.86 bits per heavy atom. The highest BCUT2D eigenvalue weighted by Gasteiger charge is 2.04. The van der Waals surface area contributed by atoms with Crippen molar-refractivity contribution in [3.63, 3.8) is 0 Å². The first-order chi connectivity index (χ1) is 6.65. The fourth-order valence-electron chi connectivity index (χ4n) is 1.04. The quantitative estimate of drug-likeness (QED) is 0.460. The van der Waals surface area contributed by atoms with Crippen LogP contribution in [-0.4, -0.2) is 17.5 Å². The fourth-order valence-corrected chi connectivity index (χ4v) is 2.02. The van der Waals surface area contributed by atoms with E-state index in [4.69, 9.17) is 10.8 Å². The summed E-state index contributed by atoms with van der Waals surface area (Å²) in [4.78, 5) is 0.886. The topological polar surface area (TPSA) is 46.2 Å². The minimum absolute atomic E-state index is 0.174. The zero-order valence-electron chi connectivity index (χ0n) is 8.09. The summed E-state index contributed by atoms with van der Waals surface area (Å²) in [6.07, 6.45) is 0.723. The number of benzene rings is 1. The summed E-state index contributed by atoms with van der Waals surface area (Å²) in [5.41, 5.74) is 6.72. The maximum Gasteiger partial charge on any atom is 0.128 e. The molecule has 0 aliphatic rings. The maximum atomic E-state index is 13.0. The van der Waals surface area contributed by atoms with Crippen molar-refractivity contribution >= 4 is 17.4 Å². The van der Waals surface area contributed by atoms with Crippen molar-refractivity contribution in [2.75, 3.05) is 18.1 Å². The van der Waals surface area contributed by atoms with Crippen molar-refractivity contribution < 1.29 is 9.50 Å². The molecule has 78 valence electrons. The highest BCUT2D eigenvalue weighted by Crippen LogP contribution is 2.27. The van der Waals surface area contributed by atoms with E-state index in [1.807, 2.05) is 0 Å². The molecule has 1 rings (SSSR count). The Morgan fingerprint density at radius 1 is 1.50 bits per heavy atom. The van der Waals surface area contributed by atoms with Crippen LogP contribution < -0.4 is 5.73 Å². The van der Waals surface area contributed by atoms with Crippen molar-refractivity contribution in [2.24, 2.45) is 0 Å². The van der Waals surface area contributed by atoms with Crippen LogP contribution in [0.1, 0.15) is 12.0 Å². The molecule has 0 amide bonds. The number of rotatable bonds is 4. The average Bonchev–Trinajstić information content (AvgIpc) is 2.14. The molecular formula is C10H14FNOS. The Kier molecular flexibility index (Phi) is 4.22. The van der Waals surface area contributed by atoms with Crippen LogP contribution in [0.3, 0.4) is 0 Å². The van der Waals surface area contributed by atoms with Crippen molar-refractivity contribution in [1.82, 2.24) is 0 Å². The number of nitrogen functional groups attached to an aromatic ring is 1. The van der Waals surface area contributed by atoms with Gasteiger partial charge in [0.2, 0.25) is 0 Å². The number of nitrogens with two attached hydrogens (primary N) is 1. The highest BCUT2D eigenvalue weighted by molar-refractivity contribution is 7.99. The summed E-state index contributed by atoms with van der Waals surface area (Å²) in [5.74, 6) is 0.528. The second-order valence-corrected chi connectivity index (χ2v) is 4.20. The number of hydrogen-bond donors (Lipinski definition) is 2. The van der Waals surface area contributed by atoms with Crippen molar-refractivity contribution in [3.8, 4) is 0 Å². The van der Waals surface area contributed by atoms with Crippen LogP contribution in [0, 0.1) is 12.7 Å². The number of anilines is 1. The molecule has 0 heterocycles. The molecule has 0 saturated heterocycles. The number of halogens is 1. The molecule has 14 heavy (non-hydrogen) atoms. The van der Waals surface area contributed by atoms with Crippen LogP contribution in [0.4, 0.5) is 10.1 Å². The zero-order valence-corrected chi connectivity index (χ0v) is 8.90. The summed E-state index contributed by atoms with van der Waals surface area (Å²) >= 11 is 1.54. The van der Waals surface area contributed by atoms with Crippen LogP contribution >= 0.6 is 11.8 Å². The highest BCUT2D eigenvalue weighted by atomic mass is 32.2. The third-order valence-corrected chi connectivity index (χ3v) is 3.01. The van der Waals surface area contributed by atoms with E-state index >= 15 is 0 Å². The standard InChI is InChI=1S/C10H14FNOS/c1-7-5-10(14-4-2-3-13)9(12)6-8(7)11/h5-6,13H,2-4,12H2,1H3. The molecule has 0 aliphatic heterocycles. The van der Waals surface area contributed by atoms with Gasteiger partial charge in [0.25, 0.3) is 0 Å². The molecule has 1 aromatic rings. The largest absolute Gasteiger partial charge is 0.398 e. The summed E-state index contributed by atoms with van der Waals surface area (Å²) in [5, 5.41) is 8.61. The Bertz CT molecular complexity index is 317. The molecule has 2 nitrogen and oxygen atoms in total. The molecule has 0 aromatic heterocycles. The number of aliphatic hydroxyl groups excluding tert-OH is 1. The third kappa shape index (κ3) is 2.89. The van der Waals surface area contributed by atoms with Crippen LogP contribution in [-0.2, 0) is 0 Å². The molecule has 0 unspecified atom stereocenters. The van der Waals surface area contributed by atoms with E-state index in [-0.39, 0.29) is 12.4 Å². The van der Waals surface area contributed by atoms with Gasteiger partial charge in [-0.25, -0.2) is 4.39 Å². The molecule has 0 spiro atoms. The Morgan fingerprint density at radius 2 is 2.21 bits per heavy atom. The molecule has 0 fully saturated rings. The van der Waals surface area contributed by atoms with Gasteiger partial charge in [0.05, 0.1) is 0 Å². The van der Waals surface area contributed by atoms with Gasteiger partial charge in [-0.05, 0) is 31.0 Å². The van der Waals surface area contributed by atoms with E-state index in [2.05, 4.69) is 0 Å². The number of thioether (sulfide) groups is 1. The van der Waals surface area contributed by atoms with Gasteiger partial charge in [0, 0.05) is 22.9 Å². The van der Waals surface area contributed by atoms with E-state index in [9.17, 15) is 4.39 Å². The second-order valence-electron chi connectivity index (χ2n) is 3.06. The van der Waals surface area contributed by atoms with Crippen LogP contribution in [0.15, 0.2) is 17.0 Å². The lowest BCUT2D eigenvalue weighted by atomic mass is 10.2. The molecule has 0 aliphatic carbocycles. The lowest BCUT2D eigenvalue weighted by molar-refractivity contribution is 0.296. The van der Waals surface area contributed by atoms with E-state index in [1.165, 1.54) is 6.07 Å². The van der Waals surface area contributed by atoms with Gasteiger partial charge < -0.3 is 10.8 Å². The molecule has 0 atom stereocenters. The minimum Gasteiger partial charge on any atom is -0.398 e. The van der Waals surface area contributed by atoms with Gasteiger partial charge in [-0.3, -0.25) is 0 Å². The first-order valence-corrected chi connectivity index (χ1v) is 5.43. The predicted molar refractivity (Wildman–Crippen MR) is 58.0 cm³/mol. The van der Waals surface area contributed by atoms with Crippen molar-refractivity contribution in [2.45, 2.75) is 18.2 Å². The lowest BCUT2D eigenvalue weighted by Gasteiger charge is -2.06. The smallest absolute Gasteiger partial charge is 0.128 e. The second kappa shape index (κ2) is 5.22. The van der Waals surface area contributed by atoms with Gasteiger partial charge >= 0.3 is 0 Å². The number of aliphatic hydroxyl groups is 1. The van der Waals surface area contributed by atoms with E-state index in [1.54, 1.807) is 24.8 Å². The van der Waals surface area contributed by atoms with Gasteiger partial charge in [0.15, 0.2) is 0 Å². The van der Waals surface area contributed by atoms with Crippen LogP contribution in [0.25, 0.3) is 0 Å². The van der Waals surface area contributed by atoms with Crippen molar-refractivity contribution in [3.05, 3.63) is 23.5 Å². The monoisotopic (exact) mass is 215 g/mol. The summed E-state index contributed by atoms with van der Waals surface area (Å²) < 4.78 is 13.0. The maximum absolute atomic E-state index is 13.0. The van der Waals surface area contributed by atoms with E-state index in [0.29, 0.717) is 11.3 Å². The fraction of sp³-hybridized carbons (Fsp3) is 0.400. The molecule has 0 bridgehead atoms. The van der Waals surface area contributed by atoms with Gasteiger partial charge in [-0.1, -0.05) is 0 Å². The summed E-state index contributed by atoms with van der Waals surface area (Å²) in [7, 11) is 0. The SMILES string of the molecule is Cc1cc(SCCCO)c(N)cc1F. The third-order valence-electron chi connectivity index (χ3n) is 1.85. The van der Waals surface area contributed by atoms with E-state index in [0.717, 1.165) is 17.1 Å². The number of aryl methyl sites for hydroxylation is 1.